The van der Waals surface area contributed by atoms with Crippen molar-refractivity contribution in [3.63, 3.8) is 0 Å². The molecule has 0 aliphatic heterocycles. The molecule has 0 fully saturated rings. The molecule has 0 atom stereocenters. The van der Waals surface area contributed by atoms with Crippen LogP contribution in [0.1, 0.15) is 12.5 Å². The quantitative estimate of drug-likeness (QED) is 0.339. The Morgan fingerprint density at radius 1 is 1.54 bits per heavy atom. The van der Waals surface area contributed by atoms with E-state index in [0.717, 1.165) is 10.7 Å². The molecule has 0 unspecified atom stereocenters. The average Bonchev–Trinajstić information content (AvgIpc) is 2.99. The van der Waals surface area contributed by atoms with Gasteiger partial charge in [0.25, 0.3) is 0 Å². The van der Waals surface area contributed by atoms with Gasteiger partial charge in [-0.05, 0) is 17.9 Å². The summed E-state index contributed by atoms with van der Waals surface area (Å²) >= 11 is 6.02. The maximum Gasteiger partial charge on any atom is 0.389 e. The van der Waals surface area contributed by atoms with Crippen molar-refractivity contribution in [3.8, 4) is 17.6 Å². The number of hydrogen-bond acceptors (Lipinski definition) is 7. The Morgan fingerprint density at radius 3 is 2.88 bits per heavy atom. The monoisotopic (exact) mass is 350 g/mol. The summed E-state index contributed by atoms with van der Waals surface area (Å²) in [5.74, 6) is -1.000. The maximum absolute atomic E-state index is 12.0. The van der Waals surface area contributed by atoms with Gasteiger partial charge in [0.2, 0.25) is 0 Å². The summed E-state index contributed by atoms with van der Waals surface area (Å²) in [6.07, 6.45) is 1.28. The van der Waals surface area contributed by atoms with E-state index in [2.05, 4.69) is 5.10 Å². The van der Waals surface area contributed by atoms with Crippen molar-refractivity contribution in [1.29, 1.82) is 5.26 Å². The van der Waals surface area contributed by atoms with Gasteiger partial charge < -0.3 is 19.6 Å². The van der Waals surface area contributed by atoms with E-state index in [-0.39, 0.29) is 41.1 Å². The molecule has 0 radical (unpaired) electrons. The molecule has 24 heavy (non-hydrogen) atoms. The molecule has 1 aromatic carbocycles. The molecule has 0 aliphatic rings. The molecule has 124 valence electrons. The van der Waals surface area contributed by atoms with E-state index >= 15 is 0 Å². The van der Waals surface area contributed by atoms with Crippen molar-refractivity contribution in [2.75, 3.05) is 6.61 Å². The molecule has 0 saturated heterocycles. The Bertz CT molecular complexity index is 827. The van der Waals surface area contributed by atoms with Crippen LogP contribution in [0.15, 0.2) is 24.4 Å². The van der Waals surface area contributed by atoms with E-state index in [9.17, 15) is 14.9 Å². The van der Waals surface area contributed by atoms with Crippen molar-refractivity contribution in [2.24, 2.45) is 0 Å². The summed E-state index contributed by atoms with van der Waals surface area (Å²) in [6.45, 7) is 1.65. The molecule has 10 heteroatoms. The summed E-state index contributed by atoms with van der Waals surface area (Å²) in [4.78, 5) is 21.9. The fourth-order valence-electron chi connectivity index (χ4n) is 1.81. The van der Waals surface area contributed by atoms with Crippen LogP contribution in [0.3, 0.4) is 0 Å². The number of carbonyl (C=O) groups excluding carboxylic acids is 1. The number of rotatable bonds is 6. The molecule has 0 amide bonds. The minimum absolute atomic E-state index is 0.0239. The van der Waals surface area contributed by atoms with Gasteiger partial charge in [-0.15, -0.1) is 0 Å². The Labute approximate surface area is 141 Å². The van der Waals surface area contributed by atoms with E-state index < -0.39 is 10.9 Å². The van der Waals surface area contributed by atoms with Crippen LogP contribution in [0.2, 0.25) is 5.02 Å². The van der Waals surface area contributed by atoms with Crippen molar-refractivity contribution in [3.05, 3.63) is 45.1 Å². The minimum Gasteiger partial charge on any atom is -0.490 e. The predicted octanol–water partition coefficient (Wildman–Crippen LogP) is 2.32. The van der Waals surface area contributed by atoms with Gasteiger partial charge in [-0.1, -0.05) is 11.6 Å². The fraction of sp³-hybridized carbons (Fsp3) is 0.214. The zero-order valence-corrected chi connectivity index (χ0v) is 13.2. The van der Waals surface area contributed by atoms with E-state index in [1.807, 2.05) is 6.07 Å². The van der Waals surface area contributed by atoms with Crippen LogP contribution in [0.25, 0.3) is 0 Å². The molecule has 0 aliphatic carbocycles. The first-order valence-electron chi connectivity index (χ1n) is 6.69. The number of esters is 1. The lowest BCUT2D eigenvalue weighted by Crippen LogP contribution is -2.17. The van der Waals surface area contributed by atoms with Crippen LogP contribution in [-0.2, 0) is 11.3 Å². The second-order valence-electron chi connectivity index (χ2n) is 4.43. The molecular weight excluding hydrogens is 340 g/mol. The molecule has 0 spiro atoms. The summed E-state index contributed by atoms with van der Waals surface area (Å²) in [7, 11) is 0. The van der Waals surface area contributed by atoms with Gasteiger partial charge in [-0.3, -0.25) is 0 Å². The van der Waals surface area contributed by atoms with Crippen LogP contribution in [0.5, 0.6) is 11.5 Å². The Balaban J connectivity index is 2.18. The van der Waals surface area contributed by atoms with Gasteiger partial charge in [0.05, 0.1) is 40.6 Å². The summed E-state index contributed by atoms with van der Waals surface area (Å²) in [5.41, 5.74) is 0.256. The third-order valence-electron chi connectivity index (χ3n) is 2.76. The normalized spacial score (nSPS) is 10.0. The van der Waals surface area contributed by atoms with Gasteiger partial charge in [0, 0.05) is 6.07 Å². The molecule has 0 saturated carbocycles. The van der Waals surface area contributed by atoms with Crippen molar-refractivity contribution >= 4 is 23.4 Å². The fourth-order valence-corrected chi connectivity index (χ4v) is 2.06. The lowest BCUT2D eigenvalue weighted by atomic mass is 10.2. The number of nitrogens with zero attached hydrogens (tertiary/aromatic N) is 4. The molecule has 0 N–H and O–H groups in total. The van der Waals surface area contributed by atoms with Crippen LogP contribution < -0.4 is 9.47 Å². The molecule has 2 rings (SSSR count). The number of nitriles is 1. The van der Waals surface area contributed by atoms with Crippen molar-refractivity contribution in [2.45, 2.75) is 13.5 Å². The molecular formula is C14H11ClN4O5. The van der Waals surface area contributed by atoms with Crippen molar-refractivity contribution < 1.29 is 19.2 Å². The number of nitro groups is 1. The van der Waals surface area contributed by atoms with Crippen LogP contribution in [0.4, 0.5) is 5.82 Å². The zero-order chi connectivity index (χ0) is 17.7. The average molecular weight is 351 g/mol. The number of benzene rings is 1. The first-order chi connectivity index (χ1) is 11.4. The highest BCUT2D eigenvalue weighted by atomic mass is 35.5. The lowest BCUT2D eigenvalue weighted by Gasteiger charge is -2.12. The maximum atomic E-state index is 12.0. The predicted molar refractivity (Wildman–Crippen MR) is 81.9 cm³/mol. The highest BCUT2D eigenvalue weighted by Gasteiger charge is 2.19. The molecule has 2 aromatic rings. The zero-order valence-electron chi connectivity index (χ0n) is 12.4. The second kappa shape index (κ2) is 7.43. The van der Waals surface area contributed by atoms with E-state index in [1.54, 1.807) is 6.92 Å². The lowest BCUT2D eigenvalue weighted by molar-refractivity contribution is -0.389. The Morgan fingerprint density at radius 2 is 2.29 bits per heavy atom. The number of hydrogen-bond donors (Lipinski definition) is 0. The number of ether oxygens (including phenoxy) is 2. The third-order valence-corrected chi connectivity index (χ3v) is 3.04. The summed E-state index contributed by atoms with van der Waals surface area (Å²) in [6, 6.07) is 5.82. The molecule has 9 nitrogen and oxygen atoms in total. The van der Waals surface area contributed by atoms with Gasteiger partial charge in [-0.25, -0.2) is 4.79 Å². The first kappa shape index (κ1) is 17.2. The Kier molecular flexibility index (Phi) is 5.34. The molecule has 1 heterocycles. The van der Waals surface area contributed by atoms with Crippen LogP contribution in [0, 0.1) is 21.4 Å². The standard InChI is InChI=1S/C14H11ClN4O5/c1-2-23-11-6-9(7-16)5-10(15)14(11)24-13(20)8-18-4-3-12(17-18)19(21)22/h3-6H,2,8H2,1H3. The van der Waals surface area contributed by atoms with Crippen molar-refractivity contribution in [1.82, 2.24) is 9.78 Å². The third kappa shape index (κ3) is 3.99. The number of aromatic nitrogens is 2. The smallest absolute Gasteiger partial charge is 0.389 e. The van der Waals surface area contributed by atoms with E-state index in [4.69, 9.17) is 26.3 Å². The van der Waals surface area contributed by atoms with Crippen LogP contribution in [-0.4, -0.2) is 27.3 Å². The molecule has 0 bridgehead atoms. The SMILES string of the molecule is CCOc1cc(C#N)cc(Cl)c1OC(=O)Cn1ccc([N+](=O)[O-])n1. The summed E-state index contributed by atoms with van der Waals surface area (Å²) < 4.78 is 11.6. The van der Waals surface area contributed by atoms with E-state index in [1.165, 1.54) is 18.3 Å². The number of carbonyl (C=O) groups is 1. The first-order valence-corrected chi connectivity index (χ1v) is 7.07. The Hall–Kier alpha value is -3.12. The van der Waals surface area contributed by atoms with E-state index in [0.29, 0.717) is 0 Å². The van der Waals surface area contributed by atoms with Crippen LogP contribution >= 0.6 is 11.6 Å². The topological polar surface area (TPSA) is 120 Å². The minimum atomic E-state index is -0.749. The number of halogens is 1. The van der Waals surface area contributed by atoms with Gasteiger partial charge >= 0.3 is 11.8 Å². The van der Waals surface area contributed by atoms with Gasteiger partial charge in [0.1, 0.15) is 0 Å². The largest absolute Gasteiger partial charge is 0.490 e. The molecule has 1 aromatic heterocycles. The summed E-state index contributed by atoms with van der Waals surface area (Å²) in [5, 5.41) is 23.1. The highest BCUT2D eigenvalue weighted by molar-refractivity contribution is 6.32. The highest BCUT2D eigenvalue weighted by Crippen LogP contribution is 2.36. The second-order valence-corrected chi connectivity index (χ2v) is 4.84. The van der Waals surface area contributed by atoms with Gasteiger partial charge in [0.15, 0.2) is 18.0 Å². The van der Waals surface area contributed by atoms with Gasteiger partial charge in [-0.2, -0.15) is 9.94 Å².